The second-order valence-corrected chi connectivity index (χ2v) is 2.66. The van der Waals surface area contributed by atoms with Crippen LogP contribution in [0.1, 0.15) is 20.3 Å². The minimum Gasteiger partial charge on any atom is -0.462 e. The van der Waals surface area contributed by atoms with Gasteiger partial charge in [0.25, 0.3) is 0 Å². The molecule has 0 aromatic heterocycles. The fourth-order valence-corrected chi connectivity index (χ4v) is 0.716. The molecule has 0 saturated carbocycles. The topological polar surface area (TPSA) is 38.7 Å². The molecule has 0 radical (unpaired) electrons. The standard InChI is InChI=1S/C11H17NO2/c1-4-8-12-9-6-7-10(3)11(13)14-5-2/h6-7,9H,3-5,8H2,1-2H3/b7-6-,12-9?. The highest BCUT2D eigenvalue weighted by Crippen LogP contribution is 1.95. The Morgan fingerprint density at radius 3 is 2.79 bits per heavy atom. The summed E-state index contributed by atoms with van der Waals surface area (Å²) in [5.41, 5.74) is 0.342. The van der Waals surface area contributed by atoms with E-state index in [4.69, 9.17) is 4.74 Å². The lowest BCUT2D eigenvalue weighted by Crippen LogP contribution is -2.04. The van der Waals surface area contributed by atoms with Crippen LogP contribution < -0.4 is 0 Å². The van der Waals surface area contributed by atoms with Gasteiger partial charge in [0.15, 0.2) is 0 Å². The van der Waals surface area contributed by atoms with E-state index < -0.39 is 0 Å². The van der Waals surface area contributed by atoms with Crippen molar-refractivity contribution in [2.75, 3.05) is 13.2 Å². The van der Waals surface area contributed by atoms with Crippen molar-refractivity contribution in [3.05, 3.63) is 24.3 Å². The van der Waals surface area contributed by atoms with Crippen molar-refractivity contribution in [3.63, 3.8) is 0 Å². The number of rotatable bonds is 6. The summed E-state index contributed by atoms with van der Waals surface area (Å²) in [5.74, 6) is -0.382. The quantitative estimate of drug-likeness (QED) is 0.282. The van der Waals surface area contributed by atoms with Crippen molar-refractivity contribution in [2.24, 2.45) is 4.99 Å². The van der Waals surface area contributed by atoms with E-state index in [1.165, 1.54) is 0 Å². The first-order valence-electron chi connectivity index (χ1n) is 4.74. The molecule has 0 aromatic rings. The zero-order valence-electron chi connectivity index (χ0n) is 8.82. The average molecular weight is 195 g/mol. The Bertz CT molecular complexity index is 242. The first-order chi connectivity index (χ1) is 6.72. The monoisotopic (exact) mass is 195 g/mol. The summed E-state index contributed by atoms with van der Waals surface area (Å²) < 4.78 is 4.75. The SMILES string of the molecule is C=C(/C=C\C=NCCC)C(=O)OCC. The van der Waals surface area contributed by atoms with Gasteiger partial charge in [0.1, 0.15) is 0 Å². The highest BCUT2D eigenvalue weighted by atomic mass is 16.5. The number of allylic oxidation sites excluding steroid dienone is 1. The van der Waals surface area contributed by atoms with Crippen molar-refractivity contribution in [1.82, 2.24) is 0 Å². The van der Waals surface area contributed by atoms with Gasteiger partial charge in [-0.25, -0.2) is 4.79 Å². The second kappa shape index (κ2) is 8.23. The van der Waals surface area contributed by atoms with Crippen LogP contribution in [0, 0.1) is 0 Å². The smallest absolute Gasteiger partial charge is 0.337 e. The number of aliphatic imine (C=N–C) groups is 1. The molecule has 0 aliphatic carbocycles. The third-order valence-electron chi connectivity index (χ3n) is 1.38. The van der Waals surface area contributed by atoms with E-state index in [1.54, 1.807) is 25.3 Å². The van der Waals surface area contributed by atoms with Crippen LogP contribution in [0.4, 0.5) is 0 Å². The van der Waals surface area contributed by atoms with E-state index in [9.17, 15) is 4.79 Å². The number of hydrogen-bond donors (Lipinski definition) is 0. The Hall–Kier alpha value is -1.38. The van der Waals surface area contributed by atoms with Crippen LogP contribution >= 0.6 is 0 Å². The van der Waals surface area contributed by atoms with Crippen LogP contribution in [-0.4, -0.2) is 25.3 Å². The zero-order valence-corrected chi connectivity index (χ0v) is 8.82. The van der Waals surface area contributed by atoms with Crippen molar-refractivity contribution >= 4 is 12.2 Å². The molecule has 3 nitrogen and oxygen atoms in total. The zero-order chi connectivity index (χ0) is 10.8. The van der Waals surface area contributed by atoms with Gasteiger partial charge in [-0.05, 0) is 25.5 Å². The van der Waals surface area contributed by atoms with Crippen molar-refractivity contribution in [3.8, 4) is 0 Å². The first-order valence-corrected chi connectivity index (χ1v) is 4.74. The lowest BCUT2D eigenvalue weighted by Gasteiger charge is -1.98. The molecule has 0 heterocycles. The van der Waals surface area contributed by atoms with E-state index in [-0.39, 0.29) is 5.97 Å². The minimum atomic E-state index is -0.382. The second-order valence-electron chi connectivity index (χ2n) is 2.66. The number of carbonyl (C=O) groups excluding carboxylic acids is 1. The molecular weight excluding hydrogens is 178 g/mol. The van der Waals surface area contributed by atoms with Gasteiger partial charge in [0.05, 0.1) is 12.2 Å². The predicted molar refractivity (Wildman–Crippen MR) is 58.6 cm³/mol. The Labute approximate surface area is 85.2 Å². The third kappa shape index (κ3) is 6.17. The van der Waals surface area contributed by atoms with E-state index in [0.29, 0.717) is 12.2 Å². The van der Waals surface area contributed by atoms with Gasteiger partial charge in [0, 0.05) is 12.8 Å². The van der Waals surface area contributed by atoms with Gasteiger partial charge in [-0.2, -0.15) is 0 Å². The Morgan fingerprint density at radius 1 is 1.50 bits per heavy atom. The van der Waals surface area contributed by atoms with Gasteiger partial charge in [0.2, 0.25) is 0 Å². The number of ether oxygens (including phenoxy) is 1. The molecule has 0 saturated heterocycles. The highest BCUT2D eigenvalue weighted by molar-refractivity contribution is 5.92. The summed E-state index contributed by atoms with van der Waals surface area (Å²) in [5, 5.41) is 0. The summed E-state index contributed by atoms with van der Waals surface area (Å²) in [6.45, 7) is 8.56. The number of esters is 1. The fourth-order valence-electron chi connectivity index (χ4n) is 0.716. The number of hydrogen-bond acceptors (Lipinski definition) is 3. The van der Waals surface area contributed by atoms with Gasteiger partial charge in [-0.3, -0.25) is 4.99 Å². The molecule has 14 heavy (non-hydrogen) atoms. The van der Waals surface area contributed by atoms with Crippen molar-refractivity contribution in [1.29, 1.82) is 0 Å². The molecule has 0 amide bonds. The molecule has 0 bridgehead atoms. The normalized spacial score (nSPS) is 11.0. The molecular formula is C11H17NO2. The van der Waals surface area contributed by atoms with Gasteiger partial charge < -0.3 is 4.74 Å². The van der Waals surface area contributed by atoms with Crippen LogP contribution in [0.2, 0.25) is 0 Å². The molecule has 3 heteroatoms. The molecule has 0 unspecified atom stereocenters. The molecule has 0 aliphatic heterocycles. The summed E-state index contributed by atoms with van der Waals surface area (Å²) >= 11 is 0. The minimum absolute atomic E-state index is 0.342. The molecule has 0 aromatic carbocycles. The number of carbonyl (C=O) groups is 1. The molecule has 0 fully saturated rings. The summed E-state index contributed by atoms with van der Waals surface area (Å²) in [6, 6.07) is 0. The van der Waals surface area contributed by atoms with Gasteiger partial charge >= 0.3 is 5.97 Å². The van der Waals surface area contributed by atoms with E-state index in [1.807, 2.05) is 0 Å². The molecule has 78 valence electrons. The third-order valence-corrected chi connectivity index (χ3v) is 1.38. The molecule has 0 rings (SSSR count). The van der Waals surface area contributed by atoms with Crippen LogP contribution in [0.5, 0.6) is 0 Å². The van der Waals surface area contributed by atoms with E-state index in [2.05, 4.69) is 18.5 Å². The summed E-state index contributed by atoms with van der Waals surface area (Å²) in [4.78, 5) is 15.1. The highest BCUT2D eigenvalue weighted by Gasteiger charge is 2.01. The fraction of sp³-hybridized carbons (Fsp3) is 0.455. The Morgan fingerprint density at radius 2 is 2.21 bits per heavy atom. The Balaban J connectivity index is 3.87. The molecule has 0 spiro atoms. The van der Waals surface area contributed by atoms with E-state index in [0.717, 1.165) is 13.0 Å². The van der Waals surface area contributed by atoms with Crippen molar-refractivity contribution in [2.45, 2.75) is 20.3 Å². The number of nitrogens with zero attached hydrogens (tertiary/aromatic N) is 1. The largest absolute Gasteiger partial charge is 0.462 e. The summed E-state index contributed by atoms with van der Waals surface area (Å²) in [6.07, 6.45) is 5.96. The lowest BCUT2D eigenvalue weighted by atomic mass is 10.3. The van der Waals surface area contributed by atoms with Crippen molar-refractivity contribution < 1.29 is 9.53 Å². The maximum absolute atomic E-state index is 11.0. The Kier molecular flexibility index (Phi) is 7.42. The first kappa shape index (κ1) is 12.6. The van der Waals surface area contributed by atoms with Crippen LogP contribution in [0.25, 0.3) is 0 Å². The lowest BCUT2D eigenvalue weighted by molar-refractivity contribution is -0.138. The molecule has 0 N–H and O–H groups in total. The molecule has 0 atom stereocenters. The predicted octanol–water partition coefficient (Wildman–Crippen LogP) is 2.14. The maximum atomic E-state index is 11.0. The van der Waals surface area contributed by atoms with Crippen LogP contribution in [0.3, 0.4) is 0 Å². The maximum Gasteiger partial charge on any atom is 0.337 e. The summed E-state index contributed by atoms with van der Waals surface area (Å²) in [7, 11) is 0. The van der Waals surface area contributed by atoms with Gasteiger partial charge in [-0.15, -0.1) is 0 Å². The molecule has 0 aliphatic rings. The van der Waals surface area contributed by atoms with Gasteiger partial charge in [-0.1, -0.05) is 13.5 Å². The van der Waals surface area contributed by atoms with Crippen LogP contribution in [0.15, 0.2) is 29.3 Å². The average Bonchev–Trinajstić information content (AvgIpc) is 2.17. The van der Waals surface area contributed by atoms with E-state index >= 15 is 0 Å². The van der Waals surface area contributed by atoms with Crippen LogP contribution in [-0.2, 0) is 9.53 Å².